The van der Waals surface area contributed by atoms with E-state index in [4.69, 9.17) is 5.11 Å². The molecule has 2 unspecified atom stereocenters. The van der Waals surface area contributed by atoms with E-state index in [9.17, 15) is 9.50 Å². The maximum atomic E-state index is 14.9. The number of benzene rings is 1. The monoisotopic (exact) mass is 438 g/mol. The highest BCUT2D eigenvalue weighted by Gasteiger charge is 2.43. The van der Waals surface area contributed by atoms with Gasteiger partial charge in [-0.1, -0.05) is 6.07 Å². The van der Waals surface area contributed by atoms with Crippen LogP contribution in [0.2, 0.25) is 0 Å². The molecule has 0 spiro atoms. The van der Waals surface area contributed by atoms with E-state index >= 15 is 0 Å². The van der Waals surface area contributed by atoms with Gasteiger partial charge in [0.05, 0.1) is 43.5 Å². The van der Waals surface area contributed by atoms with Crippen LogP contribution in [0.1, 0.15) is 19.3 Å². The van der Waals surface area contributed by atoms with E-state index in [0.29, 0.717) is 29.7 Å². The Balaban J connectivity index is 1.33. The predicted molar refractivity (Wildman–Crippen MR) is 119 cm³/mol. The van der Waals surface area contributed by atoms with Gasteiger partial charge in [0.1, 0.15) is 17.7 Å². The van der Waals surface area contributed by atoms with E-state index in [-0.39, 0.29) is 24.4 Å². The zero-order valence-corrected chi connectivity index (χ0v) is 17.9. The van der Waals surface area contributed by atoms with Gasteiger partial charge in [-0.2, -0.15) is 5.10 Å². The van der Waals surface area contributed by atoms with Gasteiger partial charge >= 0.3 is 0 Å². The average molecular weight is 439 g/mol. The number of aromatic nitrogens is 4. The fourth-order valence-electron chi connectivity index (χ4n) is 4.83. The first kappa shape index (κ1) is 20.8. The van der Waals surface area contributed by atoms with Gasteiger partial charge in [0.15, 0.2) is 0 Å². The molecule has 168 valence electrons. The third-order valence-electron chi connectivity index (χ3n) is 6.62. The normalized spacial score (nSPS) is 24.6. The number of hydrogen-bond donors (Lipinski definition) is 3. The van der Waals surface area contributed by atoms with Crippen molar-refractivity contribution in [2.24, 2.45) is 0 Å². The van der Waals surface area contributed by atoms with Gasteiger partial charge in [0, 0.05) is 36.5 Å². The topological polar surface area (TPSA) is 99.3 Å². The molecule has 4 heterocycles. The number of anilines is 1. The van der Waals surface area contributed by atoms with Crippen molar-refractivity contribution in [2.45, 2.75) is 50.1 Å². The molecule has 2 fully saturated rings. The van der Waals surface area contributed by atoms with Crippen molar-refractivity contribution in [2.75, 3.05) is 18.6 Å². The van der Waals surface area contributed by atoms with Gasteiger partial charge in [-0.15, -0.1) is 0 Å². The van der Waals surface area contributed by atoms with Crippen molar-refractivity contribution in [3.63, 3.8) is 0 Å². The van der Waals surface area contributed by atoms with E-state index in [1.54, 1.807) is 35.4 Å². The summed E-state index contributed by atoms with van der Waals surface area (Å²) in [6.45, 7) is 0.433. The molecule has 3 aromatic rings. The fourth-order valence-corrected chi connectivity index (χ4v) is 4.83. The summed E-state index contributed by atoms with van der Waals surface area (Å²) in [4.78, 5) is 10.9. The minimum atomic E-state index is -0.932. The number of piperidine rings is 1. The minimum absolute atomic E-state index is 0.0138. The molecule has 3 N–H and O–H groups in total. The first-order chi connectivity index (χ1) is 15.5. The first-order valence-corrected chi connectivity index (χ1v) is 11.0. The van der Waals surface area contributed by atoms with Crippen molar-refractivity contribution < 1.29 is 14.6 Å². The number of halogens is 1. The number of fused-ring (bicyclic) bond motifs is 2. The number of phenolic OH excluding ortho intramolecular Hbond substituents is 1. The number of aliphatic hydroxyl groups is 1. The van der Waals surface area contributed by atoms with Crippen molar-refractivity contribution in [1.29, 1.82) is 0 Å². The molecule has 4 atom stereocenters. The number of rotatable bonds is 6. The van der Waals surface area contributed by atoms with Crippen molar-refractivity contribution in [3.8, 4) is 28.1 Å². The first-order valence-electron chi connectivity index (χ1n) is 11.0. The lowest BCUT2D eigenvalue weighted by molar-refractivity contribution is 0.176. The molecule has 9 heteroatoms. The van der Waals surface area contributed by atoms with E-state index in [1.165, 1.54) is 0 Å². The highest BCUT2D eigenvalue weighted by molar-refractivity contribution is 5.73. The van der Waals surface area contributed by atoms with Crippen molar-refractivity contribution in [3.05, 3.63) is 43.0 Å². The van der Waals surface area contributed by atoms with Crippen LogP contribution in [-0.4, -0.2) is 67.9 Å². The van der Waals surface area contributed by atoms with Gasteiger partial charge in [-0.25, -0.2) is 9.37 Å². The van der Waals surface area contributed by atoms with Crippen LogP contribution in [0.3, 0.4) is 0 Å². The van der Waals surface area contributed by atoms with Crippen LogP contribution in [0.25, 0.3) is 22.4 Å². The Kier molecular flexibility index (Phi) is 5.52. The minimum Gasteiger partial charge on any atom is -0.507 e. The lowest BCUT2D eigenvalue weighted by atomic mass is 9.96. The average Bonchev–Trinajstić information content (AvgIpc) is 3.44. The van der Waals surface area contributed by atoms with Gasteiger partial charge in [0.25, 0.3) is 0 Å². The number of aliphatic hydroxyl groups excluding tert-OH is 1. The second-order valence-electron chi connectivity index (χ2n) is 8.61. The molecule has 8 nitrogen and oxygen atoms in total. The quantitative estimate of drug-likeness (QED) is 0.543. The fraction of sp³-hybridized carbons (Fsp3) is 0.435. The highest BCUT2D eigenvalue weighted by atomic mass is 19.1. The molecule has 2 bridgehead atoms. The molecule has 0 amide bonds. The van der Waals surface area contributed by atoms with Gasteiger partial charge in [-0.05, 0) is 37.0 Å². The molecule has 5 rings (SSSR count). The standard InChI is InChI=1S/C23H27FN6O2/c1-29(20-9-16-3-5-18(28-16)23(20)24)22-12-25-19(11-26-22)17-4-2-14(8-21(17)32)15-10-27-30(13-15)6-7-31/h2,4,8,10-13,16,18,20,23,28,31-32H,3,5-7,9H2,1H3/t16?,18?,20-,23+/m0/s1. The molecule has 2 aliphatic rings. The molecular formula is C23H27FN6O2. The van der Waals surface area contributed by atoms with Crippen LogP contribution >= 0.6 is 0 Å². The van der Waals surface area contributed by atoms with E-state index in [0.717, 1.165) is 30.4 Å². The second kappa shape index (κ2) is 8.48. The smallest absolute Gasteiger partial charge is 0.147 e. The van der Waals surface area contributed by atoms with E-state index < -0.39 is 6.17 Å². The molecule has 2 aliphatic heterocycles. The van der Waals surface area contributed by atoms with Gasteiger partial charge in [0.2, 0.25) is 0 Å². The number of nitrogens with zero attached hydrogens (tertiary/aromatic N) is 5. The largest absolute Gasteiger partial charge is 0.507 e. The molecule has 0 radical (unpaired) electrons. The van der Waals surface area contributed by atoms with Crippen LogP contribution in [-0.2, 0) is 6.54 Å². The van der Waals surface area contributed by atoms with Crippen LogP contribution in [0.5, 0.6) is 5.75 Å². The lowest BCUT2D eigenvalue weighted by Gasteiger charge is -2.38. The summed E-state index contributed by atoms with van der Waals surface area (Å²) >= 11 is 0. The summed E-state index contributed by atoms with van der Waals surface area (Å²) < 4.78 is 16.5. The molecule has 2 aromatic heterocycles. The zero-order valence-electron chi connectivity index (χ0n) is 17.9. The Hall–Kier alpha value is -3.04. The predicted octanol–water partition coefficient (Wildman–Crippen LogP) is 2.37. The number of phenols is 1. The summed E-state index contributed by atoms with van der Waals surface area (Å²) in [5.41, 5.74) is 2.78. The van der Waals surface area contributed by atoms with Gasteiger partial charge < -0.3 is 20.4 Å². The van der Waals surface area contributed by atoms with E-state index in [1.807, 2.05) is 24.2 Å². The van der Waals surface area contributed by atoms with Crippen LogP contribution < -0.4 is 10.2 Å². The summed E-state index contributed by atoms with van der Waals surface area (Å²) in [5.74, 6) is 0.710. The van der Waals surface area contributed by atoms with Crippen molar-refractivity contribution in [1.82, 2.24) is 25.1 Å². The maximum absolute atomic E-state index is 14.9. The zero-order chi connectivity index (χ0) is 22.2. The third-order valence-corrected chi connectivity index (χ3v) is 6.62. The molecule has 1 aromatic carbocycles. The highest BCUT2D eigenvalue weighted by Crippen LogP contribution is 2.35. The Morgan fingerprint density at radius 2 is 2.06 bits per heavy atom. The van der Waals surface area contributed by atoms with Crippen LogP contribution in [0.15, 0.2) is 43.0 Å². The number of hydrogen-bond acceptors (Lipinski definition) is 7. The Labute approximate surface area is 185 Å². The molecule has 32 heavy (non-hydrogen) atoms. The third kappa shape index (κ3) is 3.82. The number of alkyl halides is 1. The SMILES string of the molecule is CN(c1cnc(-c2ccc(-c3cnn(CCO)c3)cc2O)cn1)[C@H]1CC2CCC(N2)[C@H]1F. The number of aromatic hydroxyl groups is 1. The summed E-state index contributed by atoms with van der Waals surface area (Å²) in [7, 11) is 1.87. The van der Waals surface area contributed by atoms with Crippen LogP contribution in [0.4, 0.5) is 10.2 Å². The second-order valence-corrected chi connectivity index (χ2v) is 8.61. The molecule has 0 saturated carbocycles. The Morgan fingerprint density at radius 1 is 1.19 bits per heavy atom. The van der Waals surface area contributed by atoms with E-state index in [2.05, 4.69) is 20.4 Å². The molecule has 0 aliphatic carbocycles. The summed E-state index contributed by atoms with van der Waals surface area (Å²) in [6.07, 6.45) is 8.50. The lowest BCUT2D eigenvalue weighted by Crippen LogP contribution is -2.55. The molecule has 2 saturated heterocycles. The number of nitrogens with one attached hydrogen (secondary N) is 1. The van der Waals surface area contributed by atoms with Crippen LogP contribution in [0, 0.1) is 0 Å². The molecular weight excluding hydrogens is 411 g/mol. The summed E-state index contributed by atoms with van der Waals surface area (Å²) in [6, 6.07) is 5.43. The Morgan fingerprint density at radius 3 is 2.81 bits per heavy atom. The summed E-state index contributed by atoms with van der Waals surface area (Å²) in [5, 5.41) is 27.2. The maximum Gasteiger partial charge on any atom is 0.147 e. The van der Waals surface area contributed by atoms with Crippen molar-refractivity contribution >= 4 is 5.82 Å². The van der Waals surface area contributed by atoms with Gasteiger partial charge in [-0.3, -0.25) is 9.67 Å². The Bertz CT molecular complexity index is 1090.